The highest BCUT2D eigenvalue weighted by Gasteiger charge is 2.06. The first-order valence-corrected chi connectivity index (χ1v) is 9.50. The SMILES string of the molecule is CSSc1cccc(CS(=O)c2ccc(F)cc2)c1. The number of rotatable bonds is 5. The van der Waals surface area contributed by atoms with Gasteiger partial charge in [-0.05, 0) is 48.2 Å². The molecule has 0 aliphatic heterocycles. The van der Waals surface area contributed by atoms with Gasteiger partial charge in [-0.25, -0.2) is 4.39 Å². The first-order valence-electron chi connectivity index (χ1n) is 5.62. The van der Waals surface area contributed by atoms with Gasteiger partial charge in [0, 0.05) is 9.79 Å². The maximum absolute atomic E-state index is 12.8. The van der Waals surface area contributed by atoms with Gasteiger partial charge in [-0.3, -0.25) is 4.21 Å². The second-order valence-electron chi connectivity index (χ2n) is 3.84. The smallest absolute Gasteiger partial charge is 0.123 e. The normalized spacial score (nSPS) is 12.3. The Morgan fingerprint density at radius 1 is 1.16 bits per heavy atom. The van der Waals surface area contributed by atoms with Crippen molar-refractivity contribution in [1.82, 2.24) is 0 Å². The lowest BCUT2D eigenvalue weighted by Crippen LogP contribution is -1.96. The van der Waals surface area contributed by atoms with E-state index in [0.717, 1.165) is 10.5 Å². The van der Waals surface area contributed by atoms with Crippen LogP contribution < -0.4 is 0 Å². The molecule has 0 aliphatic rings. The maximum atomic E-state index is 12.8. The van der Waals surface area contributed by atoms with Crippen LogP contribution in [0.4, 0.5) is 4.39 Å². The zero-order valence-electron chi connectivity index (χ0n) is 10.3. The molecule has 100 valence electrons. The van der Waals surface area contributed by atoms with Crippen molar-refractivity contribution in [1.29, 1.82) is 0 Å². The van der Waals surface area contributed by atoms with E-state index in [-0.39, 0.29) is 5.82 Å². The largest absolute Gasteiger partial charge is 0.254 e. The third-order valence-electron chi connectivity index (χ3n) is 2.45. The molecule has 0 saturated carbocycles. The van der Waals surface area contributed by atoms with Crippen molar-refractivity contribution < 1.29 is 8.60 Å². The molecule has 0 N–H and O–H groups in total. The van der Waals surface area contributed by atoms with Gasteiger partial charge in [0.25, 0.3) is 0 Å². The number of hydrogen-bond acceptors (Lipinski definition) is 3. The zero-order chi connectivity index (χ0) is 13.7. The molecule has 19 heavy (non-hydrogen) atoms. The van der Waals surface area contributed by atoms with Gasteiger partial charge in [0.05, 0.1) is 16.6 Å². The van der Waals surface area contributed by atoms with Crippen LogP contribution >= 0.6 is 21.6 Å². The molecule has 1 unspecified atom stereocenters. The Bertz CT molecular complexity index is 569. The van der Waals surface area contributed by atoms with Gasteiger partial charge in [0.1, 0.15) is 5.82 Å². The van der Waals surface area contributed by atoms with E-state index in [1.807, 2.05) is 30.5 Å². The second-order valence-corrected chi connectivity index (χ2v) is 7.76. The Hall–Kier alpha value is -0.780. The molecule has 0 bridgehead atoms. The molecular weight excluding hydrogens is 299 g/mol. The first-order chi connectivity index (χ1) is 9.19. The van der Waals surface area contributed by atoms with Crippen LogP contribution in [0.2, 0.25) is 0 Å². The Kier molecular flexibility index (Phi) is 5.48. The average molecular weight is 312 g/mol. The van der Waals surface area contributed by atoms with Gasteiger partial charge in [-0.15, -0.1) is 0 Å². The van der Waals surface area contributed by atoms with Gasteiger partial charge in [0.15, 0.2) is 0 Å². The lowest BCUT2D eigenvalue weighted by Gasteiger charge is -2.04. The predicted octanol–water partition coefficient (Wildman–Crippen LogP) is 4.50. The molecule has 2 aromatic rings. The van der Waals surface area contributed by atoms with Crippen molar-refractivity contribution in [2.24, 2.45) is 0 Å². The predicted molar refractivity (Wildman–Crippen MR) is 82.3 cm³/mol. The summed E-state index contributed by atoms with van der Waals surface area (Å²) in [7, 11) is 2.22. The van der Waals surface area contributed by atoms with Crippen LogP contribution in [0.5, 0.6) is 0 Å². The molecule has 0 fully saturated rings. The molecule has 1 nitrogen and oxygen atoms in total. The van der Waals surface area contributed by atoms with E-state index in [4.69, 9.17) is 0 Å². The van der Waals surface area contributed by atoms with Crippen LogP contribution in [0.1, 0.15) is 5.56 Å². The topological polar surface area (TPSA) is 17.1 Å². The van der Waals surface area contributed by atoms with E-state index in [1.165, 1.54) is 12.1 Å². The van der Waals surface area contributed by atoms with Gasteiger partial charge in [0.2, 0.25) is 0 Å². The molecule has 0 amide bonds. The molecule has 2 rings (SSSR count). The van der Waals surface area contributed by atoms with Crippen LogP contribution in [0.3, 0.4) is 0 Å². The van der Waals surface area contributed by atoms with Crippen molar-refractivity contribution in [3.63, 3.8) is 0 Å². The fourth-order valence-electron chi connectivity index (χ4n) is 1.60. The minimum absolute atomic E-state index is 0.306. The molecule has 0 aliphatic carbocycles. The summed E-state index contributed by atoms with van der Waals surface area (Å²) in [5.74, 6) is 0.146. The summed E-state index contributed by atoms with van der Waals surface area (Å²) in [6, 6.07) is 13.8. The first kappa shape index (κ1) is 14.6. The van der Waals surface area contributed by atoms with Gasteiger partial charge < -0.3 is 0 Å². The highest BCUT2D eigenvalue weighted by molar-refractivity contribution is 8.76. The van der Waals surface area contributed by atoms with Crippen molar-refractivity contribution in [2.45, 2.75) is 15.5 Å². The van der Waals surface area contributed by atoms with Crippen LogP contribution in [0.25, 0.3) is 0 Å². The molecule has 0 aromatic heterocycles. The molecule has 0 heterocycles. The molecule has 0 saturated heterocycles. The average Bonchev–Trinajstić information content (AvgIpc) is 2.40. The fourth-order valence-corrected chi connectivity index (χ4v) is 4.11. The Morgan fingerprint density at radius 2 is 1.89 bits per heavy atom. The summed E-state index contributed by atoms with van der Waals surface area (Å²) in [6.45, 7) is 0. The molecule has 5 heteroatoms. The minimum Gasteiger partial charge on any atom is -0.254 e. The standard InChI is InChI=1S/C14H13FOS3/c1-17-18-13-4-2-3-11(9-13)10-19(16)14-7-5-12(15)6-8-14/h2-9H,10H2,1H3. The lowest BCUT2D eigenvalue weighted by atomic mass is 10.2. The highest BCUT2D eigenvalue weighted by atomic mass is 33.1. The minimum atomic E-state index is -1.14. The van der Waals surface area contributed by atoms with Gasteiger partial charge in [-0.2, -0.15) is 0 Å². The summed E-state index contributed by atoms with van der Waals surface area (Å²) >= 11 is 0. The third kappa shape index (κ3) is 4.37. The molecule has 0 spiro atoms. The summed E-state index contributed by atoms with van der Waals surface area (Å²) in [4.78, 5) is 1.81. The Morgan fingerprint density at radius 3 is 2.58 bits per heavy atom. The van der Waals surface area contributed by atoms with Crippen LogP contribution in [-0.2, 0) is 16.6 Å². The number of hydrogen-bond donors (Lipinski definition) is 0. The quantitative estimate of drug-likeness (QED) is 0.757. The van der Waals surface area contributed by atoms with E-state index < -0.39 is 10.8 Å². The molecule has 1 atom stereocenters. The summed E-state index contributed by atoms with van der Waals surface area (Å²) < 4.78 is 25.0. The second kappa shape index (κ2) is 7.12. The van der Waals surface area contributed by atoms with Crippen molar-refractivity contribution >= 4 is 32.4 Å². The highest BCUT2D eigenvalue weighted by Crippen LogP contribution is 2.29. The van der Waals surface area contributed by atoms with Crippen LogP contribution in [-0.4, -0.2) is 10.5 Å². The van der Waals surface area contributed by atoms with E-state index in [2.05, 4.69) is 0 Å². The molecule has 2 aromatic carbocycles. The van der Waals surface area contributed by atoms with Crippen molar-refractivity contribution in [3.05, 3.63) is 59.9 Å². The Labute approximate surface area is 122 Å². The lowest BCUT2D eigenvalue weighted by molar-refractivity contribution is 0.626. The summed E-state index contributed by atoms with van der Waals surface area (Å²) in [5.41, 5.74) is 1.03. The third-order valence-corrected chi connectivity index (χ3v) is 5.54. The number of halogens is 1. The zero-order valence-corrected chi connectivity index (χ0v) is 12.8. The van der Waals surface area contributed by atoms with Crippen molar-refractivity contribution in [3.8, 4) is 0 Å². The monoisotopic (exact) mass is 312 g/mol. The van der Waals surface area contributed by atoms with E-state index in [0.29, 0.717) is 10.6 Å². The van der Waals surface area contributed by atoms with Crippen LogP contribution in [0.15, 0.2) is 58.3 Å². The van der Waals surface area contributed by atoms with Crippen molar-refractivity contribution in [2.75, 3.05) is 6.26 Å². The summed E-state index contributed by atoms with van der Waals surface area (Å²) in [6.07, 6.45) is 2.02. The molecule has 0 radical (unpaired) electrons. The van der Waals surface area contributed by atoms with E-state index >= 15 is 0 Å². The van der Waals surface area contributed by atoms with Gasteiger partial charge >= 0.3 is 0 Å². The summed E-state index contributed by atoms with van der Waals surface area (Å²) in [5, 5.41) is 0. The Balaban J connectivity index is 2.10. The maximum Gasteiger partial charge on any atom is 0.123 e. The van der Waals surface area contributed by atoms with Gasteiger partial charge in [-0.1, -0.05) is 33.7 Å². The fraction of sp³-hybridized carbons (Fsp3) is 0.143. The van der Waals surface area contributed by atoms with Crippen LogP contribution in [0, 0.1) is 5.82 Å². The number of benzene rings is 2. The molecular formula is C14H13FOS3. The van der Waals surface area contributed by atoms with E-state index in [9.17, 15) is 8.60 Å². The van der Waals surface area contributed by atoms with E-state index in [1.54, 1.807) is 33.7 Å².